The van der Waals surface area contributed by atoms with Crippen molar-refractivity contribution in [3.63, 3.8) is 0 Å². The number of ether oxygens (including phenoxy) is 2. The zero-order valence-electron chi connectivity index (χ0n) is 12.1. The van der Waals surface area contributed by atoms with Crippen LogP contribution in [0.5, 0.6) is 11.5 Å². The molecule has 4 heteroatoms. The number of benzene rings is 1. The van der Waals surface area contributed by atoms with E-state index in [1.165, 1.54) is 24.2 Å². The summed E-state index contributed by atoms with van der Waals surface area (Å²) in [7, 11) is 1.73. The zero-order valence-corrected chi connectivity index (χ0v) is 12.9. The van der Waals surface area contributed by atoms with Gasteiger partial charge in [0, 0.05) is 23.8 Å². The van der Waals surface area contributed by atoms with E-state index in [9.17, 15) is 0 Å². The third kappa shape index (κ3) is 3.07. The molecule has 1 N–H and O–H groups in total. The summed E-state index contributed by atoms with van der Waals surface area (Å²) in [6.45, 7) is 2.14. The molecule has 0 amide bonds. The highest BCUT2D eigenvalue weighted by Crippen LogP contribution is 2.39. The highest BCUT2D eigenvalue weighted by Gasteiger charge is 2.25. The Morgan fingerprint density at radius 2 is 2.25 bits per heavy atom. The van der Waals surface area contributed by atoms with Gasteiger partial charge in [0.15, 0.2) is 11.5 Å². The molecule has 2 saturated heterocycles. The SMILES string of the molecule is COc1cccc(C2CCNC2)c1OC1CCCSC1. The molecule has 20 heavy (non-hydrogen) atoms. The van der Waals surface area contributed by atoms with Gasteiger partial charge in [-0.1, -0.05) is 12.1 Å². The standard InChI is InChI=1S/C16H23NO2S/c1-18-15-6-2-5-14(12-7-8-17-10-12)16(15)19-13-4-3-9-20-11-13/h2,5-6,12-13,17H,3-4,7-11H2,1H3. The smallest absolute Gasteiger partial charge is 0.165 e. The summed E-state index contributed by atoms with van der Waals surface area (Å²) in [5.41, 5.74) is 1.31. The number of para-hydroxylation sites is 1. The van der Waals surface area contributed by atoms with E-state index in [0.717, 1.165) is 36.8 Å². The fourth-order valence-electron chi connectivity index (χ4n) is 3.03. The molecule has 0 radical (unpaired) electrons. The first-order valence-corrected chi connectivity index (χ1v) is 8.66. The minimum Gasteiger partial charge on any atom is -0.493 e. The van der Waals surface area contributed by atoms with Gasteiger partial charge in [0.25, 0.3) is 0 Å². The molecule has 2 aliphatic rings. The average molecular weight is 293 g/mol. The maximum absolute atomic E-state index is 6.35. The van der Waals surface area contributed by atoms with Crippen molar-refractivity contribution < 1.29 is 9.47 Å². The number of methoxy groups -OCH3 is 1. The second-order valence-corrected chi connectivity index (χ2v) is 6.68. The minimum absolute atomic E-state index is 0.332. The summed E-state index contributed by atoms with van der Waals surface area (Å²) >= 11 is 2.00. The highest BCUT2D eigenvalue weighted by molar-refractivity contribution is 7.99. The van der Waals surface area contributed by atoms with Gasteiger partial charge >= 0.3 is 0 Å². The third-order valence-electron chi connectivity index (χ3n) is 4.13. The average Bonchev–Trinajstić information content (AvgIpc) is 3.02. The van der Waals surface area contributed by atoms with Gasteiger partial charge in [0.1, 0.15) is 6.10 Å². The normalized spacial score (nSPS) is 26.4. The van der Waals surface area contributed by atoms with Crippen LogP contribution < -0.4 is 14.8 Å². The van der Waals surface area contributed by atoms with Crippen molar-refractivity contribution in [1.29, 1.82) is 0 Å². The molecule has 1 aromatic carbocycles. The van der Waals surface area contributed by atoms with Crippen LogP contribution >= 0.6 is 11.8 Å². The summed E-state index contributed by atoms with van der Waals surface area (Å²) in [4.78, 5) is 0. The zero-order chi connectivity index (χ0) is 13.8. The van der Waals surface area contributed by atoms with Crippen molar-refractivity contribution in [2.24, 2.45) is 0 Å². The molecule has 3 rings (SSSR count). The van der Waals surface area contributed by atoms with E-state index >= 15 is 0 Å². The number of hydrogen-bond acceptors (Lipinski definition) is 4. The van der Waals surface area contributed by atoms with Crippen molar-refractivity contribution in [1.82, 2.24) is 5.32 Å². The lowest BCUT2D eigenvalue weighted by Gasteiger charge is -2.26. The van der Waals surface area contributed by atoms with Gasteiger partial charge in [-0.3, -0.25) is 0 Å². The summed E-state index contributed by atoms with van der Waals surface area (Å²) in [6, 6.07) is 6.29. The topological polar surface area (TPSA) is 30.5 Å². The monoisotopic (exact) mass is 293 g/mol. The summed E-state index contributed by atoms with van der Waals surface area (Å²) in [5.74, 6) is 4.78. The van der Waals surface area contributed by atoms with Gasteiger partial charge in [-0.15, -0.1) is 0 Å². The number of thioether (sulfide) groups is 1. The van der Waals surface area contributed by atoms with Gasteiger partial charge in [0.2, 0.25) is 0 Å². The number of hydrogen-bond donors (Lipinski definition) is 1. The van der Waals surface area contributed by atoms with E-state index in [2.05, 4.69) is 17.4 Å². The Kier molecular flexibility index (Phi) is 4.73. The first-order chi connectivity index (χ1) is 9.88. The first kappa shape index (κ1) is 14.1. The second-order valence-electron chi connectivity index (χ2n) is 5.53. The molecule has 2 aliphatic heterocycles. The van der Waals surface area contributed by atoms with E-state index in [1.54, 1.807) is 7.11 Å². The molecule has 2 heterocycles. The Bertz CT molecular complexity index is 440. The van der Waals surface area contributed by atoms with Crippen LogP contribution in [0.4, 0.5) is 0 Å². The molecule has 2 atom stereocenters. The quantitative estimate of drug-likeness (QED) is 0.924. The molecule has 0 aromatic heterocycles. The minimum atomic E-state index is 0.332. The molecule has 0 saturated carbocycles. The first-order valence-electron chi connectivity index (χ1n) is 7.50. The Morgan fingerprint density at radius 3 is 2.95 bits per heavy atom. The number of rotatable bonds is 4. The van der Waals surface area contributed by atoms with E-state index in [0.29, 0.717) is 12.0 Å². The van der Waals surface area contributed by atoms with Gasteiger partial charge < -0.3 is 14.8 Å². The van der Waals surface area contributed by atoms with Crippen molar-refractivity contribution in [3.8, 4) is 11.5 Å². The molecule has 1 aromatic rings. The largest absolute Gasteiger partial charge is 0.493 e. The van der Waals surface area contributed by atoms with Gasteiger partial charge in [0.05, 0.1) is 7.11 Å². The maximum atomic E-state index is 6.35. The van der Waals surface area contributed by atoms with Crippen LogP contribution in [0.2, 0.25) is 0 Å². The van der Waals surface area contributed by atoms with E-state index in [4.69, 9.17) is 9.47 Å². The van der Waals surface area contributed by atoms with Crippen LogP contribution in [0.3, 0.4) is 0 Å². The van der Waals surface area contributed by atoms with Gasteiger partial charge in [-0.25, -0.2) is 0 Å². The second kappa shape index (κ2) is 6.72. The maximum Gasteiger partial charge on any atom is 0.165 e. The molecule has 0 aliphatic carbocycles. The van der Waals surface area contributed by atoms with Crippen LogP contribution in [0.1, 0.15) is 30.7 Å². The summed E-state index contributed by atoms with van der Waals surface area (Å²) in [5, 5.41) is 3.44. The summed E-state index contributed by atoms with van der Waals surface area (Å²) < 4.78 is 11.9. The highest BCUT2D eigenvalue weighted by atomic mass is 32.2. The van der Waals surface area contributed by atoms with Crippen molar-refractivity contribution in [2.45, 2.75) is 31.3 Å². The lowest BCUT2D eigenvalue weighted by atomic mass is 9.97. The van der Waals surface area contributed by atoms with E-state index in [-0.39, 0.29) is 0 Å². The molecule has 2 unspecified atom stereocenters. The lowest BCUT2D eigenvalue weighted by molar-refractivity contribution is 0.199. The fraction of sp³-hybridized carbons (Fsp3) is 0.625. The molecule has 110 valence electrons. The third-order valence-corrected chi connectivity index (χ3v) is 5.32. The lowest BCUT2D eigenvalue weighted by Crippen LogP contribution is -2.24. The van der Waals surface area contributed by atoms with E-state index in [1.807, 2.05) is 17.8 Å². The Morgan fingerprint density at radius 1 is 1.30 bits per heavy atom. The van der Waals surface area contributed by atoms with Crippen LogP contribution in [0.15, 0.2) is 18.2 Å². The molecular formula is C16H23NO2S. The van der Waals surface area contributed by atoms with Crippen LogP contribution in [-0.2, 0) is 0 Å². The molecular weight excluding hydrogens is 270 g/mol. The predicted octanol–water partition coefficient (Wildman–Crippen LogP) is 3.05. The van der Waals surface area contributed by atoms with Crippen LogP contribution in [-0.4, -0.2) is 37.8 Å². The fourth-order valence-corrected chi connectivity index (χ4v) is 4.07. The Hall–Kier alpha value is -0.870. The van der Waals surface area contributed by atoms with Crippen molar-refractivity contribution in [2.75, 3.05) is 31.7 Å². The predicted molar refractivity (Wildman–Crippen MR) is 84.2 cm³/mol. The van der Waals surface area contributed by atoms with Crippen molar-refractivity contribution in [3.05, 3.63) is 23.8 Å². The van der Waals surface area contributed by atoms with E-state index < -0.39 is 0 Å². The van der Waals surface area contributed by atoms with Crippen LogP contribution in [0, 0.1) is 0 Å². The van der Waals surface area contributed by atoms with Crippen LogP contribution in [0.25, 0.3) is 0 Å². The molecule has 0 bridgehead atoms. The Balaban J connectivity index is 1.84. The molecule has 2 fully saturated rings. The molecule has 0 spiro atoms. The van der Waals surface area contributed by atoms with Gasteiger partial charge in [-0.2, -0.15) is 11.8 Å². The van der Waals surface area contributed by atoms with Gasteiger partial charge in [-0.05, 0) is 37.6 Å². The Labute approximate surface area is 125 Å². The number of nitrogens with one attached hydrogen (secondary N) is 1. The van der Waals surface area contributed by atoms with Crippen molar-refractivity contribution >= 4 is 11.8 Å². The summed E-state index contributed by atoms with van der Waals surface area (Å²) in [6.07, 6.45) is 3.93. The molecule has 3 nitrogen and oxygen atoms in total.